The van der Waals surface area contributed by atoms with Gasteiger partial charge in [-0.05, 0) is 94.1 Å². The predicted molar refractivity (Wildman–Crippen MR) is 179 cm³/mol. The summed E-state index contributed by atoms with van der Waals surface area (Å²) < 4.78 is 35.9. The van der Waals surface area contributed by atoms with Crippen molar-refractivity contribution in [2.75, 3.05) is 20.3 Å². The van der Waals surface area contributed by atoms with Crippen molar-refractivity contribution in [2.24, 2.45) is 34.0 Å². The zero-order valence-corrected chi connectivity index (χ0v) is 30.3. The maximum absolute atomic E-state index is 13.5. The van der Waals surface area contributed by atoms with E-state index in [-0.39, 0.29) is 48.2 Å². The number of aromatic amines is 1. The fourth-order valence-electron chi connectivity index (χ4n) is 10.7. The van der Waals surface area contributed by atoms with E-state index >= 15 is 0 Å². The minimum atomic E-state index is -1.52. The topological polar surface area (TPSA) is 163 Å². The van der Waals surface area contributed by atoms with E-state index < -0.39 is 59.1 Å². The number of carbonyl (C=O) groups is 3. The third kappa shape index (κ3) is 6.20. The lowest BCUT2D eigenvalue weighted by Gasteiger charge is -2.67. The van der Waals surface area contributed by atoms with Gasteiger partial charge in [-0.25, -0.2) is 9.59 Å². The second-order valence-electron chi connectivity index (χ2n) is 15.8. The third-order valence-corrected chi connectivity index (χ3v) is 12.9. The standard InChI is InChI=1S/C38H53NO11/c1-20-8-12-26-36(5)17-15-28(49-23(4)40)38(19-47-33(42)24-10-9-21(2)39-24,18-46-29-13-11-25(45-7)22(3)48-29)27(36)14-16-37(26,6)31(20)30-32(41)35(44)50-34(30)43/h8-10,22,25-29,31,34,39,41,43H,11-19H2,1-7H3/t22-,25+,26-,27-,28+,29+,31-,34?,36-,37+,38?/m0/s1. The summed E-state index contributed by atoms with van der Waals surface area (Å²) in [5.41, 5.74) is 0.584. The number of esters is 3. The number of carbonyl (C=O) groups excluding carboxylic acids is 3. The first-order chi connectivity index (χ1) is 23.6. The molecule has 6 rings (SSSR count). The van der Waals surface area contributed by atoms with Crippen molar-refractivity contribution in [1.82, 2.24) is 4.98 Å². The number of nitrogens with one attached hydrogen (secondary N) is 1. The Morgan fingerprint density at radius 1 is 1.04 bits per heavy atom. The molecule has 1 aromatic rings. The number of fused-ring (bicyclic) bond motifs is 3. The molecule has 1 aromatic heterocycles. The van der Waals surface area contributed by atoms with Crippen LogP contribution in [0.2, 0.25) is 0 Å². The molecule has 50 heavy (non-hydrogen) atoms. The van der Waals surface area contributed by atoms with Gasteiger partial charge in [-0.15, -0.1) is 0 Å². The van der Waals surface area contributed by atoms with Crippen LogP contribution >= 0.6 is 0 Å². The number of H-pyrrole nitrogens is 1. The van der Waals surface area contributed by atoms with Crippen LogP contribution in [-0.4, -0.2) is 84.3 Å². The van der Waals surface area contributed by atoms with Crippen LogP contribution in [-0.2, 0) is 38.0 Å². The molecule has 2 unspecified atom stereocenters. The van der Waals surface area contributed by atoms with Gasteiger partial charge in [0, 0.05) is 32.1 Å². The largest absolute Gasteiger partial charge is 0.502 e. The summed E-state index contributed by atoms with van der Waals surface area (Å²) in [6.07, 6.45) is 3.97. The average Bonchev–Trinajstić information content (AvgIpc) is 3.60. The molecule has 3 fully saturated rings. The molecular formula is C38H53NO11. The van der Waals surface area contributed by atoms with Crippen molar-refractivity contribution in [3.05, 3.63) is 46.5 Å². The number of aliphatic hydroxyl groups is 2. The Labute approximate surface area is 293 Å². The molecule has 2 aliphatic heterocycles. The third-order valence-electron chi connectivity index (χ3n) is 12.9. The molecule has 0 aromatic carbocycles. The van der Waals surface area contributed by atoms with Crippen molar-refractivity contribution < 1.29 is 53.0 Å². The van der Waals surface area contributed by atoms with Gasteiger partial charge >= 0.3 is 17.9 Å². The number of aryl methyl sites for hydroxylation is 1. The maximum atomic E-state index is 13.5. The van der Waals surface area contributed by atoms with Gasteiger partial charge in [0.05, 0.1) is 29.8 Å². The molecule has 12 heteroatoms. The Morgan fingerprint density at radius 3 is 2.40 bits per heavy atom. The number of rotatable bonds is 9. The average molecular weight is 700 g/mol. The molecule has 0 amide bonds. The zero-order chi connectivity index (χ0) is 36.2. The van der Waals surface area contributed by atoms with Crippen LogP contribution in [0.15, 0.2) is 35.1 Å². The number of aromatic nitrogens is 1. The Kier molecular flexibility index (Phi) is 10.1. The van der Waals surface area contributed by atoms with Crippen molar-refractivity contribution in [3.63, 3.8) is 0 Å². The van der Waals surface area contributed by atoms with Crippen LogP contribution in [0.25, 0.3) is 0 Å². The Bertz CT molecular complexity index is 1550. The van der Waals surface area contributed by atoms with E-state index in [2.05, 4.69) is 24.9 Å². The van der Waals surface area contributed by atoms with Gasteiger partial charge in [0.25, 0.3) is 0 Å². The van der Waals surface area contributed by atoms with E-state index in [1.165, 1.54) is 6.92 Å². The van der Waals surface area contributed by atoms with Gasteiger partial charge in [-0.1, -0.05) is 25.5 Å². The highest BCUT2D eigenvalue weighted by Crippen LogP contribution is 2.70. The Balaban J connectivity index is 1.39. The molecule has 2 saturated carbocycles. The smallest absolute Gasteiger partial charge is 0.376 e. The van der Waals surface area contributed by atoms with E-state index in [0.717, 1.165) is 30.5 Å². The molecule has 3 heterocycles. The highest BCUT2D eigenvalue weighted by atomic mass is 16.7. The summed E-state index contributed by atoms with van der Waals surface area (Å²) >= 11 is 0. The minimum absolute atomic E-state index is 0.0264. The van der Waals surface area contributed by atoms with Crippen molar-refractivity contribution in [2.45, 2.75) is 117 Å². The number of ether oxygens (including phenoxy) is 6. The highest BCUT2D eigenvalue weighted by molar-refractivity contribution is 5.89. The quantitative estimate of drug-likeness (QED) is 0.171. The van der Waals surface area contributed by atoms with Gasteiger partial charge in [0.15, 0.2) is 6.29 Å². The molecule has 12 nitrogen and oxygen atoms in total. The maximum Gasteiger partial charge on any atom is 0.376 e. The number of hydrogen-bond acceptors (Lipinski definition) is 11. The Hall–Kier alpha value is -3.19. The van der Waals surface area contributed by atoms with Crippen molar-refractivity contribution >= 4 is 17.9 Å². The first-order valence-electron chi connectivity index (χ1n) is 17.9. The SMILES string of the molecule is CO[C@@H]1CC[C@H](OCC2(COC(=O)c3ccc(C)[nH]3)[C@H]3CC[C@@]4(C)[C@H](C5=C(O)C(=O)OC5O)C(C)=CC[C@H]4[C@]3(C)CC[C@H]2OC(C)=O)O[C@H]1C. The van der Waals surface area contributed by atoms with E-state index in [4.69, 9.17) is 28.4 Å². The monoisotopic (exact) mass is 699 g/mol. The van der Waals surface area contributed by atoms with E-state index in [9.17, 15) is 24.6 Å². The highest BCUT2D eigenvalue weighted by Gasteiger charge is 2.67. The summed E-state index contributed by atoms with van der Waals surface area (Å²) in [5, 5.41) is 21.7. The van der Waals surface area contributed by atoms with Gasteiger partial charge in [-0.2, -0.15) is 0 Å². The molecule has 1 saturated heterocycles. The summed E-state index contributed by atoms with van der Waals surface area (Å²) in [7, 11) is 1.67. The zero-order valence-electron chi connectivity index (χ0n) is 30.3. The van der Waals surface area contributed by atoms with E-state index in [0.29, 0.717) is 31.4 Å². The Morgan fingerprint density at radius 2 is 1.78 bits per heavy atom. The molecule has 0 radical (unpaired) electrons. The predicted octanol–water partition coefficient (Wildman–Crippen LogP) is 5.44. The fraction of sp³-hybridized carbons (Fsp3) is 0.711. The number of allylic oxidation sites excluding steroid dienone is 2. The molecule has 3 N–H and O–H groups in total. The summed E-state index contributed by atoms with van der Waals surface area (Å²) in [4.78, 5) is 41.6. The van der Waals surface area contributed by atoms with Gasteiger partial charge in [0.1, 0.15) is 18.4 Å². The molecule has 5 aliphatic rings. The van der Waals surface area contributed by atoms with Gasteiger partial charge in [0.2, 0.25) is 12.0 Å². The van der Waals surface area contributed by atoms with Crippen LogP contribution in [0.5, 0.6) is 0 Å². The molecular weight excluding hydrogens is 646 g/mol. The molecule has 11 atom stereocenters. The minimum Gasteiger partial charge on any atom is -0.502 e. The second kappa shape index (κ2) is 13.7. The van der Waals surface area contributed by atoms with Gasteiger partial charge in [-0.3, -0.25) is 4.79 Å². The summed E-state index contributed by atoms with van der Waals surface area (Å²) in [6.45, 7) is 11.7. The molecule has 0 bridgehead atoms. The normalized spacial score (nSPS) is 40.0. The molecule has 3 aliphatic carbocycles. The number of methoxy groups -OCH3 is 1. The lowest BCUT2D eigenvalue weighted by atomic mass is 9.38. The van der Waals surface area contributed by atoms with E-state index in [1.807, 2.05) is 26.8 Å². The number of hydrogen-bond donors (Lipinski definition) is 3. The summed E-state index contributed by atoms with van der Waals surface area (Å²) in [5.74, 6) is -2.88. The first kappa shape index (κ1) is 36.6. The van der Waals surface area contributed by atoms with Crippen LogP contribution in [0.1, 0.15) is 95.7 Å². The lowest BCUT2D eigenvalue weighted by Crippen LogP contribution is -2.65. The lowest BCUT2D eigenvalue weighted by molar-refractivity contribution is -0.268. The molecule has 276 valence electrons. The van der Waals surface area contributed by atoms with Gasteiger partial charge < -0.3 is 43.6 Å². The molecule has 0 spiro atoms. The van der Waals surface area contributed by atoms with Crippen molar-refractivity contribution in [1.29, 1.82) is 0 Å². The fourth-order valence-corrected chi connectivity index (χ4v) is 10.7. The van der Waals surface area contributed by atoms with Crippen LogP contribution in [0.4, 0.5) is 0 Å². The van der Waals surface area contributed by atoms with E-state index in [1.54, 1.807) is 13.2 Å². The van der Waals surface area contributed by atoms with Crippen molar-refractivity contribution in [3.8, 4) is 0 Å². The van der Waals surface area contributed by atoms with Crippen LogP contribution in [0, 0.1) is 40.9 Å². The first-order valence-corrected chi connectivity index (χ1v) is 17.9. The second-order valence-corrected chi connectivity index (χ2v) is 15.8. The van der Waals surface area contributed by atoms with Crippen LogP contribution in [0.3, 0.4) is 0 Å². The summed E-state index contributed by atoms with van der Waals surface area (Å²) in [6, 6.07) is 3.51. The van der Waals surface area contributed by atoms with Crippen LogP contribution < -0.4 is 0 Å². The number of cyclic esters (lactones) is 1. The number of aliphatic hydroxyl groups excluding tert-OH is 2.